The molecule has 62 valence electrons. The van der Waals surface area contributed by atoms with Gasteiger partial charge in [-0.2, -0.15) is 5.26 Å². The number of alkyl halides is 1. The Kier molecular flexibility index (Phi) is 3.24. The molecule has 1 rings (SSSR count). The summed E-state index contributed by atoms with van der Waals surface area (Å²) in [6, 6.07) is 6.04. The van der Waals surface area contributed by atoms with Crippen molar-refractivity contribution in [1.82, 2.24) is 4.98 Å². The largest absolute Gasteiger partial charge is 0.260 e. The van der Waals surface area contributed by atoms with Crippen LogP contribution >= 0.6 is 15.9 Å². The fraction of sp³-hybridized carbons (Fsp3) is 0.333. The van der Waals surface area contributed by atoms with E-state index in [4.69, 9.17) is 5.26 Å². The van der Waals surface area contributed by atoms with Crippen LogP contribution in [0.25, 0.3) is 0 Å². The Morgan fingerprint density at radius 1 is 1.67 bits per heavy atom. The van der Waals surface area contributed by atoms with Gasteiger partial charge in [0.15, 0.2) is 0 Å². The Morgan fingerprint density at radius 2 is 2.42 bits per heavy atom. The molecule has 0 aliphatic carbocycles. The van der Waals surface area contributed by atoms with E-state index in [1.165, 1.54) is 0 Å². The molecule has 0 bridgehead atoms. The number of pyridine rings is 1. The third-order valence-electron chi connectivity index (χ3n) is 1.60. The molecule has 0 amide bonds. The lowest BCUT2D eigenvalue weighted by molar-refractivity contribution is 0.934. The minimum atomic E-state index is -0.134. The molecule has 1 heterocycles. The summed E-state index contributed by atoms with van der Waals surface area (Å²) in [5, 5.41) is 9.37. The Labute approximate surface area is 80.4 Å². The zero-order valence-electron chi connectivity index (χ0n) is 6.79. The second-order valence-corrected chi connectivity index (χ2v) is 3.24. The summed E-state index contributed by atoms with van der Waals surface area (Å²) < 4.78 is 0. The second-order valence-electron chi connectivity index (χ2n) is 2.60. The van der Waals surface area contributed by atoms with Crippen molar-refractivity contribution in [1.29, 1.82) is 5.26 Å². The van der Waals surface area contributed by atoms with Gasteiger partial charge in [0.05, 0.1) is 17.7 Å². The molecular weight excluding hydrogens is 216 g/mol. The van der Waals surface area contributed by atoms with E-state index in [1.807, 2.05) is 19.1 Å². The highest BCUT2D eigenvalue weighted by Gasteiger charge is 2.08. The molecule has 0 fully saturated rings. The van der Waals surface area contributed by atoms with Crippen LogP contribution in [0, 0.1) is 18.3 Å². The summed E-state index contributed by atoms with van der Waals surface area (Å²) in [5.74, 6) is -0.134. The van der Waals surface area contributed by atoms with E-state index in [9.17, 15) is 0 Å². The predicted molar refractivity (Wildman–Crippen MR) is 51.1 cm³/mol. The number of hydrogen-bond acceptors (Lipinski definition) is 2. The number of nitriles is 1. The van der Waals surface area contributed by atoms with Crippen molar-refractivity contribution in [2.45, 2.75) is 12.8 Å². The first kappa shape index (κ1) is 9.21. The van der Waals surface area contributed by atoms with Crippen molar-refractivity contribution in [2.24, 2.45) is 0 Å². The third-order valence-corrected chi connectivity index (χ3v) is 2.25. The van der Waals surface area contributed by atoms with Gasteiger partial charge >= 0.3 is 0 Å². The van der Waals surface area contributed by atoms with Gasteiger partial charge < -0.3 is 0 Å². The third kappa shape index (κ3) is 2.05. The highest BCUT2D eigenvalue weighted by Crippen LogP contribution is 2.14. The highest BCUT2D eigenvalue weighted by molar-refractivity contribution is 9.09. The van der Waals surface area contributed by atoms with E-state index in [0.29, 0.717) is 5.33 Å². The first-order valence-corrected chi connectivity index (χ1v) is 4.78. The molecule has 0 aliphatic rings. The SMILES string of the molecule is Cc1ccc(C(C#N)CBr)nc1. The molecule has 1 aromatic rings. The summed E-state index contributed by atoms with van der Waals surface area (Å²) in [6.45, 7) is 1.98. The van der Waals surface area contributed by atoms with Crippen LogP contribution in [0.5, 0.6) is 0 Å². The van der Waals surface area contributed by atoms with Crippen LogP contribution in [0.15, 0.2) is 18.3 Å². The molecule has 1 unspecified atom stereocenters. The van der Waals surface area contributed by atoms with Gasteiger partial charge in [0.1, 0.15) is 0 Å². The predicted octanol–water partition coefficient (Wildman–Crippen LogP) is 2.39. The standard InChI is InChI=1S/C9H9BrN2/c1-7-2-3-9(12-6-7)8(4-10)5-11/h2-3,6,8H,4H2,1H3. The normalized spacial score (nSPS) is 12.1. The van der Waals surface area contributed by atoms with Gasteiger partial charge in [-0.1, -0.05) is 22.0 Å². The molecular formula is C9H9BrN2. The summed E-state index contributed by atoms with van der Waals surface area (Å²) in [5.41, 5.74) is 1.95. The maximum Gasteiger partial charge on any atom is 0.0981 e. The number of hydrogen-bond donors (Lipinski definition) is 0. The van der Waals surface area contributed by atoms with Gasteiger partial charge in [-0.15, -0.1) is 0 Å². The summed E-state index contributed by atoms with van der Waals surface area (Å²) in [6.07, 6.45) is 1.78. The van der Waals surface area contributed by atoms with Crippen LogP contribution in [0.2, 0.25) is 0 Å². The van der Waals surface area contributed by atoms with Crippen LogP contribution in [0.4, 0.5) is 0 Å². The maximum absolute atomic E-state index is 8.73. The van der Waals surface area contributed by atoms with Crippen LogP contribution < -0.4 is 0 Å². The van der Waals surface area contributed by atoms with E-state index in [-0.39, 0.29) is 5.92 Å². The molecule has 0 saturated heterocycles. The molecule has 0 saturated carbocycles. The van der Waals surface area contributed by atoms with Crippen molar-refractivity contribution < 1.29 is 0 Å². The van der Waals surface area contributed by atoms with E-state index in [1.54, 1.807) is 6.20 Å². The minimum Gasteiger partial charge on any atom is -0.260 e. The number of rotatable bonds is 2. The van der Waals surface area contributed by atoms with Crippen molar-refractivity contribution in [3.05, 3.63) is 29.6 Å². The summed E-state index contributed by atoms with van der Waals surface area (Å²) in [7, 11) is 0. The van der Waals surface area contributed by atoms with Gasteiger partial charge in [0.2, 0.25) is 0 Å². The van der Waals surface area contributed by atoms with Crippen molar-refractivity contribution >= 4 is 15.9 Å². The van der Waals surface area contributed by atoms with Crippen molar-refractivity contribution in [2.75, 3.05) is 5.33 Å². The highest BCUT2D eigenvalue weighted by atomic mass is 79.9. The Morgan fingerprint density at radius 3 is 2.83 bits per heavy atom. The second kappa shape index (κ2) is 4.22. The smallest absolute Gasteiger partial charge is 0.0981 e. The fourth-order valence-corrected chi connectivity index (χ4v) is 1.34. The topological polar surface area (TPSA) is 36.7 Å². The number of aryl methyl sites for hydroxylation is 1. The van der Waals surface area contributed by atoms with Gasteiger partial charge in [0.25, 0.3) is 0 Å². The number of aromatic nitrogens is 1. The molecule has 0 aromatic carbocycles. The molecule has 0 aliphatic heterocycles. The molecule has 12 heavy (non-hydrogen) atoms. The van der Waals surface area contributed by atoms with Gasteiger partial charge in [0, 0.05) is 11.5 Å². The van der Waals surface area contributed by atoms with Crippen molar-refractivity contribution in [3.8, 4) is 6.07 Å². The Balaban J connectivity index is 2.89. The van der Waals surface area contributed by atoms with Crippen LogP contribution in [0.1, 0.15) is 17.2 Å². The first-order valence-electron chi connectivity index (χ1n) is 3.66. The molecule has 1 atom stereocenters. The van der Waals surface area contributed by atoms with E-state index < -0.39 is 0 Å². The quantitative estimate of drug-likeness (QED) is 0.724. The minimum absolute atomic E-state index is 0.134. The van der Waals surface area contributed by atoms with Gasteiger partial charge in [-0.05, 0) is 18.6 Å². The summed E-state index contributed by atoms with van der Waals surface area (Å²) >= 11 is 3.27. The lowest BCUT2D eigenvalue weighted by Gasteiger charge is -2.03. The molecule has 3 heteroatoms. The van der Waals surface area contributed by atoms with Crippen molar-refractivity contribution in [3.63, 3.8) is 0 Å². The van der Waals surface area contributed by atoms with Gasteiger partial charge in [-0.25, -0.2) is 0 Å². The van der Waals surface area contributed by atoms with E-state index >= 15 is 0 Å². The zero-order valence-corrected chi connectivity index (χ0v) is 8.37. The van der Waals surface area contributed by atoms with Crippen LogP contribution in [-0.2, 0) is 0 Å². The molecule has 0 radical (unpaired) electrons. The lowest BCUT2D eigenvalue weighted by Crippen LogP contribution is -1.99. The Bertz CT molecular complexity index is 286. The molecule has 2 nitrogen and oxygen atoms in total. The average molecular weight is 225 g/mol. The Hall–Kier alpha value is -0.880. The average Bonchev–Trinajstić information content (AvgIpc) is 2.10. The van der Waals surface area contributed by atoms with Crippen LogP contribution in [-0.4, -0.2) is 10.3 Å². The van der Waals surface area contributed by atoms with Crippen LogP contribution in [0.3, 0.4) is 0 Å². The monoisotopic (exact) mass is 224 g/mol. The maximum atomic E-state index is 8.73. The first-order chi connectivity index (χ1) is 5.77. The number of nitrogens with zero attached hydrogens (tertiary/aromatic N) is 2. The van der Waals surface area contributed by atoms with E-state index in [0.717, 1.165) is 11.3 Å². The van der Waals surface area contributed by atoms with E-state index in [2.05, 4.69) is 27.0 Å². The molecule has 0 spiro atoms. The fourth-order valence-electron chi connectivity index (χ4n) is 0.865. The summed E-state index contributed by atoms with van der Waals surface area (Å²) in [4.78, 5) is 4.17. The van der Waals surface area contributed by atoms with Gasteiger partial charge in [-0.3, -0.25) is 4.98 Å². The number of halogens is 1. The molecule has 0 N–H and O–H groups in total. The molecule has 1 aromatic heterocycles. The zero-order chi connectivity index (χ0) is 8.97. The lowest BCUT2D eigenvalue weighted by atomic mass is 10.1.